The van der Waals surface area contributed by atoms with Gasteiger partial charge in [0.25, 0.3) is 0 Å². The second-order valence-electron chi connectivity index (χ2n) is 10.5. The highest BCUT2D eigenvalue weighted by Gasteiger charge is 2.28. The lowest BCUT2D eigenvalue weighted by Gasteiger charge is -2.36. The first kappa shape index (κ1) is 27.3. The van der Waals surface area contributed by atoms with Gasteiger partial charge in [0.1, 0.15) is 17.3 Å². The Morgan fingerprint density at radius 1 is 0.578 bits per heavy atom. The average molecular weight is 629 g/mol. The van der Waals surface area contributed by atoms with Gasteiger partial charge in [-0.1, -0.05) is 42.5 Å². The molecule has 0 amide bonds. The number of aromatic nitrogens is 2. The molecular weight excluding hydrogens is 604 g/mol. The highest BCUT2D eigenvalue weighted by Crippen LogP contribution is 2.43. The van der Waals surface area contributed by atoms with E-state index in [0.717, 1.165) is 65.6 Å². The summed E-state index contributed by atoms with van der Waals surface area (Å²) in [7, 11) is 0. The molecular formula is C36H25FN4O2S2. The Morgan fingerprint density at radius 2 is 1.09 bits per heavy atom. The van der Waals surface area contributed by atoms with Gasteiger partial charge in [0.05, 0.1) is 25.6 Å². The summed E-state index contributed by atoms with van der Waals surface area (Å²) < 4.78 is 28.0. The van der Waals surface area contributed by atoms with E-state index < -0.39 is 0 Å². The molecule has 8 aromatic rings. The Balaban J connectivity index is 1.38. The third-order valence-electron chi connectivity index (χ3n) is 7.72. The van der Waals surface area contributed by atoms with Crippen LogP contribution in [0.25, 0.3) is 42.4 Å². The summed E-state index contributed by atoms with van der Waals surface area (Å²) in [5.41, 5.74) is 4.11. The van der Waals surface area contributed by atoms with E-state index in [9.17, 15) is 4.39 Å². The highest BCUT2D eigenvalue weighted by atomic mass is 32.1. The maximum atomic E-state index is 13.9. The predicted molar refractivity (Wildman–Crippen MR) is 180 cm³/mol. The van der Waals surface area contributed by atoms with Gasteiger partial charge in [-0.05, 0) is 70.4 Å². The second-order valence-corrected chi connectivity index (χ2v) is 12.3. The minimum Gasteiger partial charge on any atom is -0.467 e. The fourth-order valence-corrected chi connectivity index (χ4v) is 7.56. The molecule has 45 heavy (non-hydrogen) atoms. The Bertz CT molecular complexity index is 2190. The predicted octanol–water partition coefficient (Wildman–Crippen LogP) is 10.2. The van der Waals surface area contributed by atoms with Crippen molar-refractivity contribution in [2.75, 3.05) is 10.0 Å². The number of thiophene rings is 2. The molecule has 0 radical (unpaired) electrons. The van der Waals surface area contributed by atoms with Crippen LogP contribution in [0.4, 0.5) is 16.0 Å². The zero-order valence-electron chi connectivity index (χ0n) is 23.8. The Hall–Kier alpha value is -5.25. The van der Waals surface area contributed by atoms with E-state index in [1.807, 2.05) is 60.9 Å². The summed E-state index contributed by atoms with van der Waals surface area (Å²) in [6.07, 6.45) is 7.05. The van der Waals surface area contributed by atoms with Gasteiger partial charge in [-0.15, -0.1) is 22.7 Å². The molecule has 220 valence electrons. The quantitative estimate of drug-likeness (QED) is 0.148. The molecule has 6 nitrogen and oxygen atoms in total. The van der Waals surface area contributed by atoms with Gasteiger partial charge >= 0.3 is 0 Å². The largest absolute Gasteiger partial charge is 0.467 e. The van der Waals surface area contributed by atoms with Crippen LogP contribution in [0.5, 0.6) is 0 Å². The van der Waals surface area contributed by atoms with Gasteiger partial charge in [-0.25, -0.2) is 14.4 Å². The number of nitrogens with zero attached hydrogens (tertiary/aromatic N) is 4. The number of rotatable bonds is 9. The standard InChI is InChI=1S/C36H25FN4O2S2/c37-26-12-10-25(11-13-26)30-23-45-32-15-17-39-36(34(30)32)41(21-28-9-5-19-43-28)40(20-27-8-4-18-42-27)35-33-29(24-6-2-1-3-7-24)22-44-31(33)14-16-38-35/h1-19,22-23H,20-21H2. The molecule has 9 heteroatoms. The molecule has 0 aliphatic rings. The highest BCUT2D eigenvalue weighted by molar-refractivity contribution is 7.18. The fraction of sp³-hybridized carbons (Fsp3) is 0.0556. The van der Waals surface area contributed by atoms with Crippen molar-refractivity contribution in [3.63, 3.8) is 0 Å². The van der Waals surface area contributed by atoms with Crippen molar-refractivity contribution in [1.29, 1.82) is 0 Å². The Morgan fingerprint density at radius 3 is 1.58 bits per heavy atom. The lowest BCUT2D eigenvalue weighted by atomic mass is 10.0. The number of hydrogen-bond donors (Lipinski definition) is 0. The van der Waals surface area contributed by atoms with Crippen LogP contribution in [0.15, 0.2) is 136 Å². The van der Waals surface area contributed by atoms with Crippen molar-refractivity contribution in [2.45, 2.75) is 13.1 Å². The van der Waals surface area contributed by atoms with Gasteiger partial charge in [0, 0.05) is 43.7 Å². The first-order valence-corrected chi connectivity index (χ1v) is 16.1. The van der Waals surface area contributed by atoms with E-state index in [1.165, 1.54) is 12.1 Å². The van der Waals surface area contributed by atoms with Crippen molar-refractivity contribution >= 4 is 54.5 Å². The van der Waals surface area contributed by atoms with Gasteiger partial charge in [-0.2, -0.15) is 0 Å². The lowest BCUT2D eigenvalue weighted by Crippen LogP contribution is -2.43. The number of hydrogen-bond acceptors (Lipinski definition) is 8. The van der Waals surface area contributed by atoms with Gasteiger partial charge in [-0.3, -0.25) is 10.0 Å². The SMILES string of the molecule is Fc1ccc(-c2csc3ccnc(N(Cc4ccco4)N(Cc4ccco4)c4nccc5scc(-c6ccccc6)c45)c23)cc1. The van der Waals surface area contributed by atoms with Crippen LogP contribution in [-0.2, 0) is 13.1 Å². The van der Waals surface area contributed by atoms with Crippen molar-refractivity contribution < 1.29 is 13.2 Å². The number of anilines is 2. The van der Waals surface area contributed by atoms with E-state index in [-0.39, 0.29) is 5.82 Å². The molecule has 0 N–H and O–H groups in total. The fourth-order valence-electron chi connectivity index (χ4n) is 5.65. The minimum absolute atomic E-state index is 0.273. The number of furan rings is 2. The third-order valence-corrected chi connectivity index (χ3v) is 9.62. The molecule has 2 aromatic carbocycles. The molecule has 0 fully saturated rings. The van der Waals surface area contributed by atoms with E-state index in [4.69, 9.17) is 18.8 Å². The number of fused-ring (bicyclic) bond motifs is 2. The average Bonchev–Trinajstić information content (AvgIpc) is 3.91. The van der Waals surface area contributed by atoms with Crippen LogP contribution in [0.2, 0.25) is 0 Å². The minimum atomic E-state index is -0.273. The second kappa shape index (κ2) is 11.7. The smallest absolute Gasteiger partial charge is 0.157 e. The number of pyridine rings is 2. The van der Waals surface area contributed by atoms with Crippen LogP contribution < -0.4 is 10.0 Å². The first-order chi connectivity index (χ1) is 22.2. The van der Waals surface area contributed by atoms with Crippen molar-refractivity contribution in [3.05, 3.63) is 144 Å². The summed E-state index contributed by atoms with van der Waals surface area (Å²) in [5.74, 6) is 2.76. The van der Waals surface area contributed by atoms with Crippen molar-refractivity contribution in [3.8, 4) is 22.3 Å². The van der Waals surface area contributed by atoms with E-state index >= 15 is 0 Å². The molecule has 8 rings (SSSR count). The van der Waals surface area contributed by atoms with Gasteiger partial charge in [0.15, 0.2) is 11.6 Å². The van der Waals surface area contributed by atoms with Crippen LogP contribution in [-0.4, -0.2) is 9.97 Å². The molecule has 0 bridgehead atoms. The summed E-state index contributed by atoms with van der Waals surface area (Å²) in [6.45, 7) is 0.763. The normalized spacial score (nSPS) is 11.4. The van der Waals surface area contributed by atoms with Gasteiger partial charge in [0.2, 0.25) is 0 Å². The molecule has 0 aliphatic heterocycles. The molecule has 6 heterocycles. The van der Waals surface area contributed by atoms with Crippen LogP contribution >= 0.6 is 22.7 Å². The third kappa shape index (κ3) is 5.16. The number of halogens is 1. The monoisotopic (exact) mass is 628 g/mol. The van der Waals surface area contributed by atoms with E-state index in [0.29, 0.717) is 13.1 Å². The molecule has 0 saturated heterocycles. The zero-order valence-corrected chi connectivity index (χ0v) is 25.5. The zero-order chi connectivity index (χ0) is 30.2. The van der Waals surface area contributed by atoms with Crippen LogP contribution in [0.1, 0.15) is 11.5 Å². The summed E-state index contributed by atoms with van der Waals surface area (Å²) >= 11 is 3.33. The molecule has 0 atom stereocenters. The molecule has 6 aromatic heterocycles. The molecule has 0 saturated carbocycles. The molecule has 0 unspecified atom stereocenters. The molecule has 0 aliphatic carbocycles. The summed E-state index contributed by atoms with van der Waals surface area (Å²) in [6, 6.07) is 28.8. The maximum absolute atomic E-state index is 13.9. The van der Waals surface area contributed by atoms with E-state index in [2.05, 4.69) is 51.1 Å². The van der Waals surface area contributed by atoms with Crippen LogP contribution in [0, 0.1) is 5.82 Å². The Labute approximate surface area is 266 Å². The number of benzene rings is 2. The van der Waals surface area contributed by atoms with E-state index in [1.54, 1.807) is 35.2 Å². The summed E-state index contributed by atoms with van der Waals surface area (Å²) in [5, 5.41) is 10.6. The van der Waals surface area contributed by atoms with Gasteiger partial charge < -0.3 is 8.83 Å². The maximum Gasteiger partial charge on any atom is 0.157 e. The number of hydrazine groups is 1. The lowest BCUT2D eigenvalue weighted by molar-refractivity contribution is 0.475. The first-order valence-electron chi connectivity index (χ1n) is 14.4. The topological polar surface area (TPSA) is 58.5 Å². The van der Waals surface area contributed by atoms with Crippen LogP contribution in [0.3, 0.4) is 0 Å². The van der Waals surface area contributed by atoms with Crippen molar-refractivity contribution in [2.24, 2.45) is 0 Å². The molecule has 0 spiro atoms. The van der Waals surface area contributed by atoms with Crippen molar-refractivity contribution in [1.82, 2.24) is 9.97 Å². The Kier molecular flexibility index (Phi) is 7.09. The summed E-state index contributed by atoms with van der Waals surface area (Å²) in [4.78, 5) is 10.0.